The van der Waals surface area contributed by atoms with Gasteiger partial charge in [0.1, 0.15) is 0 Å². The molecule has 0 atom stereocenters. The Labute approximate surface area is 123 Å². The largest absolute Gasteiger partial charge is 0.464 e. The zero-order chi connectivity index (χ0) is 13.8. The van der Waals surface area contributed by atoms with Crippen LogP contribution in [0.3, 0.4) is 0 Å². The first kappa shape index (κ1) is 13.8. The van der Waals surface area contributed by atoms with Gasteiger partial charge in [-0.05, 0) is 25.1 Å². The van der Waals surface area contributed by atoms with Crippen LogP contribution in [0, 0.1) is 0 Å². The van der Waals surface area contributed by atoms with Crippen molar-refractivity contribution >= 4 is 45.1 Å². The molecule has 0 saturated heterocycles. The molecule has 2 rings (SSSR count). The fourth-order valence-corrected chi connectivity index (χ4v) is 2.05. The van der Waals surface area contributed by atoms with Gasteiger partial charge in [0.15, 0.2) is 0 Å². The van der Waals surface area contributed by atoms with Crippen LogP contribution >= 0.6 is 27.5 Å². The van der Waals surface area contributed by atoms with Crippen LogP contribution in [0.2, 0.25) is 5.02 Å². The number of hydrogen-bond donors (Lipinski definition) is 2. The van der Waals surface area contributed by atoms with Crippen molar-refractivity contribution in [2.24, 2.45) is 0 Å². The lowest BCUT2D eigenvalue weighted by atomic mass is 10.3. The highest BCUT2D eigenvalue weighted by Gasteiger charge is 2.07. The third-order valence-electron chi connectivity index (χ3n) is 2.08. The number of nitrogen functional groups attached to an aromatic ring is 1. The summed E-state index contributed by atoms with van der Waals surface area (Å²) < 4.78 is 6.07. The molecule has 0 fully saturated rings. The van der Waals surface area contributed by atoms with Gasteiger partial charge in [0.2, 0.25) is 11.9 Å². The van der Waals surface area contributed by atoms with Crippen molar-refractivity contribution in [1.82, 2.24) is 15.0 Å². The Bertz CT molecular complexity index is 595. The van der Waals surface area contributed by atoms with Crippen LogP contribution in [0.4, 0.5) is 17.6 Å². The number of nitrogens with one attached hydrogen (secondary N) is 1. The SMILES string of the molecule is CCOc1nc(N)nc(Nc2ccc(Br)cc2Cl)n1. The van der Waals surface area contributed by atoms with Crippen molar-refractivity contribution in [1.29, 1.82) is 0 Å². The molecule has 0 saturated carbocycles. The maximum absolute atomic E-state index is 6.09. The second-order valence-electron chi connectivity index (χ2n) is 3.48. The molecule has 0 aliphatic rings. The summed E-state index contributed by atoms with van der Waals surface area (Å²) in [6.45, 7) is 2.28. The van der Waals surface area contributed by atoms with Crippen molar-refractivity contribution in [3.8, 4) is 6.01 Å². The van der Waals surface area contributed by atoms with E-state index in [2.05, 4.69) is 36.2 Å². The Balaban J connectivity index is 2.27. The van der Waals surface area contributed by atoms with Crippen molar-refractivity contribution < 1.29 is 4.74 Å². The number of halogens is 2. The van der Waals surface area contributed by atoms with E-state index in [9.17, 15) is 0 Å². The smallest absolute Gasteiger partial charge is 0.323 e. The number of aromatic nitrogens is 3. The average molecular weight is 345 g/mol. The molecule has 1 heterocycles. The number of ether oxygens (including phenoxy) is 1. The number of nitrogens with two attached hydrogens (primary N) is 1. The van der Waals surface area contributed by atoms with E-state index in [1.807, 2.05) is 13.0 Å². The zero-order valence-corrected chi connectivity index (χ0v) is 12.4. The molecule has 0 unspecified atom stereocenters. The molecule has 1 aromatic heterocycles. The van der Waals surface area contributed by atoms with E-state index >= 15 is 0 Å². The Morgan fingerprint density at radius 2 is 2.16 bits per heavy atom. The predicted molar refractivity (Wildman–Crippen MR) is 77.8 cm³/mol. The Hall–Kier alpha value is -1.60. The molecule has 1 aromatic carbocycles. The van der Waals surface area contributed by atoms with Crippen molar-refractivity contribution in [2.75, 3.05) is 17.7 Å². The second-order valence-corrected chi connectivity index (χ2v) is 4.80. The molecular formula is C11H11BrClN5O. The zero-order valence-electron chi connectivity index (χ0n) is 10.0. The first-order valence-corrected chi connectivity index (χ1v) is 6.62. The minimum absolute atomic E-state index is 0.0779. The number of hydrogen-bond acceptors (Lipinski definition) is 6. The van der Waals surface area contributed by atoms with E-state index in [-0.39, 0.29) is 17.9 Å². The molecule has 6 nitrogen and oxygen atoms in total. The van der Waals surface area contributed by atoms with Crippen LogP contribution in [0.25, 0.3) is 0 Å². The standard InChI is InChI=1S/C11H11BrClN5O/c1-2-19-11-17-9(14)16-10(18-11)15-8-4-3-6(12)5-7(8)13/h3-5H,2H2,1H3,(H3,14,15,16,17,18). The summed E-state index contributed by atoms with van der Waals surface area (Å²) in [5.74, 6) is 0.356. The summed E-state index contributed by atoms with van der Waals surface area (Å²) in [7, 11) is 0. The summed E-state index contributed by atoms with van der Waals surface area (Å²) in [6.07, 6.45) is 0. The molecule has 0 spiro atoms. The minimum Gasteiger partial charge on any atom is -0.464 e. The summed E-state index contributed by atoms with van der Waals surface area (Å²) in [6, 6.07) is 5.58. The van der Waals surface area contributed by atoms with Crippen LogP contribution in [-0.4, -0.2) is 21.6 Å². The van der Waals surface area contributed by atoms with E-state index in [4.69, 9.17) is 22.1 Å². The lowest BCUT2D eigenvalue weighted by Gasteiger charge is -2.08. The molecule has 19 heavy (non-hydrogen) atoms. The van der Waals surface area contributed by atoms with Crippen LogP contribution in [0.15, 0.2) is 22.7 Å². The molecule has 100 valence electrons. The van der Waals surface area contributed by atoms with Gasteiger partial charge >= 0.3 is 6.01 Å². The third kappa shape index (κ3) is 3.68. The second kappa shape index (κ2) is 6.03. The van der Waals surface area contributed by atoms with Gasteiger partial charge in [0.25, 0.3) is 0 Å². The summed E-state index contributed by atoms with van der Waals surface area (Å²) in [5, 5.41) is 3.50. The minimum atomic E-state index is 0.0779. The molecule has 3 N–H and O–H groups in total. The van der Waals surface area contributed by atoms with Gasteiger partial charge in [0.05, 0.1) is 17.3 Å². The molecular weight excluding hydrogens is 334 g/mol. The van der Waals surface area contributed by atoms with Gasteiger partial charge in [-0.25, -0.2) is 0 Å². The Kier molecular flexibility index (Phi) is 4.39. The number of nitrogens with zero attached hydrogens (tertiary/aromatic N) is 3. The van der Waals surface area contributed by atoms with Gasteiger partial charge in [-0.2, -0.15) is 15.0 Å². The predicted octanol–water partition coefficient (Wildman–Crippen LogP) is 3.01. The van der Waals surface area contributed by atoms with E-state index in [1.54, 1.807) is 12.1 Å². The normalized spacial score (nSPS) is 10.3. The lowest BCUT2D eigenvalue weighted by molar-refractivity contribution is 0.312. The van der Waals surface area contributed by atoms with Crippen LogP contribution < -0.4 is 15.8 Å². The Morgan fingerprint density at radius 3 is 2.84 bits per heavy atom. The molecule has 0 aliphatic carbocycles. The van der Waals surface area contributed by atoms with Crippen molar-refractivity contribution in [3.63, 3.8) is 0 Å². The highest BCUT2D eigenvalue weighted by atomic mass is 79.9. The molecule has 0 amide bonds. The molecule has 0 aliphatic heterocycles. The topological polar surface area (TPSA) is 86.0 Å². The Morgan fingerprint density at radius 1 is 1.37 bits per heavy atom. The van der Waals surface area contributed by atoms with E-state index in [0.717, 1.165) is 4.47 Å². The van der Waals surface area contributed by atoms with Crippen molar-refractivity contribution in [2.45, 2.75) is 6.92 Å². The van der Waals surface area contributed by atoms with Crippen molar-refractivity contribution in [3.05, 3.63) is 27.7 Å². The van der Waals surface area contributed by atoms with Crippen LogP contribution in [0.1, 0.15) is 6.92 Å². The number of anilines is 3. The fraction of sp³-hybridized carbons (Fsp3) is 0.182. The monoisotopic (exact) mass is 343 g/mol. The number of benzene rings is 1. The third-order valence-corrected chi connectivity index (χ3v) is 2.89. The van der Waals surface area contributed by atoms with E-state index in [1.165, 1.54) is 0 Å². The molecule has 8 heteroatoms. The van der Waals surface area contributed by atoms with Gasteiger partial charge in [-0.15, -0.1) is 0 Å². The lowest BCUT2D eigenvalue weighted by Crippen LogP contribution is -2.06. The van der Waals surface area contributed by atoms with E-state index in [0.29, 0.717) is 17.3 Å². The average Bonchev–Trinajstić information content (AvgIpc) is 2.32. The van der Waals surface area contributed by atoms with Gasteiger partial charge in [-0.3, -0.25) is 0 Å². The van der Waals surface area contributed by atoms with Gasteiger partial charge in [-0.1, -0.05) is 27.5 Å². The fourth-order valence-electron chi connectivity index (χ4n) is 1.33. The molecule has 2 aromatic rings. The first-order chi connectivity index (χ1) is 9.08. The maximum atomic E-state index is 6.09. The highest BCUT2D eigenvalue weighted by molar-refractivity contribution is 9.10. The summed E-state index contributed by atoms with van der Waals surface area (Å²) >= 11 is 9.43. The number of rotatable bonds is 4. The molecule has 0 bridgehead atoms. The molecule has 0 radical (unpaired) electrons. The highest BCUT2D eigenvalue weighted by Crippen LogP contribution is 2.27. The quantitative estimate of drug-likeness (QED) is 0.886. The van der Waals surface area contributed by atoms with Gasteiger partial charge in [0, 0.05) is 4.47 Å². The first-order valence-electron chi connectivity index (χ1n) is 5.45. The van der Waals surface area contributed by atoms with Gasteiger partial charge < -0.3 is 15.8 Å². The van der Waals surface area contributed by atoms with Crippen LogP contribution in [0.5, 0.6) is 6.01 Å². The van der Waals surface area contributed by atoms with Crippen LogP contribution in [-0.2, 0) is 0 Å². The summed E-state index contributed by atoms with van der Waals surface area (Å²) in [5.41, 5.74) is 6.25. The van der Waals surface area contributed by atoms with E-state index < -0.39 is 0 Å². The summed E-state index contributed by atoms with van der Waals surface area (Å²) in [4.78, 5) is 11.9. The maximum Gasteiger partial charge on any atom is 0.323 e.